The molecule has 1 aromatic carbocycles. The number of halogens is 1. The fourth-order valence-electron chi connectivity index (χ4n) is 2.27. The van der Waals surface area contributed by atoms with E-state index in [1.54, 1.807) is 24.3 Å². The van der Waals surface area contributed by atoms with Gasteiger partial charge in [0.1, 0.15) is 6.04 Å². The molecule has 0 saturated carbocycles. The second-order valence-electron chi connectivity index (χ2n) is 5.61. The maximum Gasteiger partial charge on any atom is 0.326 e. The number of nitrogens with one attached hydrogen (secondary N) is 1. The Bertz CT molecular complexity index is 864. The van der Waals surface area contributed by atoms with Crippen molar-refractivity contribution in [3.8, 4) is 11.4 Å². The number of amides is 1. The van der Waals surface area contributed by atoms with Gasteiger partial charge in [-0.25, -0.2) is 4.79 Å². The highest BCUT2D eigenvalue weighted by Crippen LogP contribution is 2.15. The fourth-order valence-corrected chi connectivity index (χ4v) is 2.53. The number of hydrogen-bond acceptors (Lipinski definition) is 5. The molecular formula is C17H18BrN3O5. The summed E-state index contributed by atoms with van der Waals surface area (Å²) in [4.78, 5) is 35.7. The number of rotatable bonds is 7. The van der Waals surface area contributed by atoms with Gasteiger partial charge in [0, 0.05) is 10.5 Å². The molecule has 0 aliphatic heterocycles. The maximum absolute atomic E-state index is 12.4. The van der Waals surface area contributed by atoms with Gasteiger partial charge in [0.15, 0.2) is 11.4 Å². The van der Waals surface area contributed by atoms with E-state index in [0.717, 1.165) is 21.6 Å². The van der Waals surface area contributed by atoms with Crippen LogP contribution in [0.25, 0.3) is 5.69 Å². The highest BCUT2D eigenvalue weighted by atomic mass is 79.9. The summed E-state index contributed by atoms with van der Waals surface area (Å²) in [5, 5.41) is 25.4. The van der Waals surface area contributed by atoms with Gasteiger partial charge in [-0.15, -0.1) is 0 Å². The van der Waals surface area contributed by atoms with Crippen molar-refractivity contribution < 1.29 is 19.8 Å². The third-order valence-corrected chi connectivity index (χ3v) is 4.18. The molecular weight excluding hydrogens is 406 g/mol. The number of benzene rings is 1. The molecule has 1 heterocycles. The third kappa shape index (κ3) is 4.69. The van der Waals surface area contributed by atoms with E-state index in [1.807, 2.05) is 6.92 Å². The number of aromatic hydroxyl groups is 1. The maximum atomic E-state index is 12.4. The normalized spacial score (nSPS) is 11.8. The second-order valence-corrected chi connectivity index (χ2v) is 6.53. The predicted octanol–water partition coefficient (Wildman–Crippen LogP) is 2.07. The zero-order valence-electron chi connectivity index (χ0n) is 14.0. The number of carboxylic acid groups (broad SMARTS) is 1. The summed E-state index contributed by atoms with van der Waals surface area (Å²) >= 11 is 3.28. The van der Waals surface area contributed by atoms with Gasteiger partial charge in [-0.2, -0.15) is 9.78 Å². The van der Waals surface area contributed by atoms with E-state index in [4.69, 9.17) is 0 Å². The molecule has 1 atom stereocenters. The first-order valence-electron chi connectivity index (χ1n) is 7.96. The number of carbonyl (C=O) groups is 2. The van der Waals surface area contributed by atoms with Gasteiger partial charge in [0.05, 0.1) is 5.69 Å². The van der Waals surface area contributed by atoms with Crippen molar-refractivity contribution in [2.75, 3.05) is 0 Å². The Balaban J connectivity index is 2.35. The van der Waals surface area contributed by atoms with Crippen LogP contribution in [0.5, 0.6) is 5.75 Å². The van der Waals surface area contributed by atoms with Gasteiger partial charge >= 0.3 is 5.97 Å². The van der Waals surface area contributed by atoms with Gasteiger partial charge in [0.25, 0.3) is 11.5 Å². The number of aromatic nitrogens is 2. The Labute approximate surface area is 157 Å². The highest BCUT2D eigenvalue weighted by Gasteiger charge is 2.23. The van der Waals surface area contributed by atoms with Gasteiger partial charge in [-0.1, -0.05) is 35.7 Å². The van der Waals surface area contributed by atoms with Crippen LogP contribution >= 0.6 is 15.9 Å². The quantitative estimate of drug-likeness (QED) is 0.626. The zero-order valence-corrected chi connectivity index (χ0v) is 15.6. The van der Waals surface area contributed by atoms with Crippen molar-refractivity contribution >= 4 is 27.8 Å². The summed E-state index contributed by atoms with van der Waals surface area (Å²) in [6.07, 6.45) is 1.65. The Morgan fingerprint density at radius 1 is 1.31 bits per heavy atom. The first-order chi connectivity index (χ1) is 12.3. The predicted molar refractivity (Wildman–Crippen MR) is 97.6 cm³/mol. The minimum Gasteiger partial charge on any atom is -0.505 e. The Morgan fingerprint density at radius 3 is 2.54 bits per heavy atom. The number of carbonyl (C=O) groups excluding carboxylic acids is 1. The molecule has 138 valence electrons. The molecule has 2 rings (SSSR count). The lowest BCUT2D eigenvalue weighted by Gasteiger charge is -2.15. The van der Waals surface area contributed by atoms with Crippen LogP contribution in [0.3, 0.4) is 0 Å². The van der Waals surface area contributed by atoms with Crippen molar-refractivity contribution in [1.82, 2.24) is 15.1 Å². The molecule has 0 bridgehead atoms. The van der Waals surface area contributed by atoms with Gasteiger partial charge in [0.2, 0.25) is 0 Å². The molecule has 8 nitrogen and oxygen atoms in total. The molecule has 0 saturated heterocycles. The average Bonchev–Trinajstić information content (AvgIpc) is 2.59. The first kappa shape index (κ1) is 19.6. The Kier molecular flexibility index (Phi) is 6.51. The molecule has 0 aliphatic rings. The molecule has 0 aliphatic carbocycles. The van der Waals surface area contributed by atoms with Crippen LogP contribution in [0.15, 0.2) is 39.6 Å². The van der Waals surface area contributed by atoms with E-state index in [0.29, 0.717) is 12.1 Å². The zero-order chi connectivity index (χ0) is 19.3. The standard InChI is InChI=1S/C17H18BrN3O5/c1-2-3-4-12(17(25)26)19-16(24)15-13(22)9-14(23)21(20-15)11-7-5-10(18)6-8-11/h5-9,12,22H,2-4H2,1H3,(H,19,24)(H,25,26). The average molecular weight is 424 g/mol. The molecule has 26 heavy (non-hydrogen) atoms. The third-order valence-electron chi connectivity index (χ3n) is 3.65. The molecule has 0 radical (unpaired) electrons. The summed E-state index contributed by atoms with van der Waals surface area (Å²) in [5.74, 6) is -2.65. The van der Waals surface area contributed by atoms with E-state index >= 15 is 0 Å². The molecule has 0 fully saturated rings. The lowest BCUT2D eigenvalue weighted by atomic mass is 10.1. The van der Waals surface area contributed by atoms with Crippen LogP contribution in [0.4, 0.5) is 0 Å². The van der Waals surface area contributed by atoms with E-state index in [-0.39, 0.29) is 6.42 Å². The van der Waals surface area contributed by atoms with Crippen LogP contribution in [-0.4, -0.2) is 37.9 Å². The Morgan fingerprint density at radius 2 is 1.96 bits per heavy atom. The van der Waals surface area contributed by atoms with Gasteiger partial charge in [-0.3, -0.25) is 9.59 Å². The summed E-state index contributed by atoms with van der Waals surface area (Å²) in [6, 6.07) is 6.38. The van der Waals surface area contributed by atoms with E-state index in [2.05, 4.69) is 26.3 Å². The van der Waals surface area contributed by atoms with Crippen molar-refractivity contribution in [1.29, 1.82) is 0 Å². The minimum absolute atomic E-state index is 0.255. The van der Waals surface area contributed by atoms with E-state index < -0.39 is 34.9 Å². The molecule has 1 unspecified atom stereocenters. The molecule has 3 N–H and O–H groups in total. The van der Waals surface area contributed by atoms with E-state index in [9.17, 15) is 24.6 Å². The number of aliphatic carboxylic acids is 1. The van der Waals surface area contributed by atoms with Crippen molar-refractivity contribution in [2.45, 2.75) is 32.2 Å². The highest BCUT2D eigenvalue weighted by molar-refractivity contribution is 9.10. The van der Waals surface area contributed by atoms with Crippen LogP contribution in [0.1, 0.15) is 36.7 Å². The minimum atomic E-state index is -1.17. The molecule has 9 heteroatoms. The first-order valence-corrected chi connectivity index (χ1v) is 8.75. The largest absolute Gasteiger partial charge is 0.505 e. The number of carboxylic acids is 1. The smallest absolute Gasteiger partial charge is 0.326 e. The lowest BCUT2D eigenvalue weighted by molar-refractivity contribution is -0.139. The van der Waals surface area contributed by atoms with Crippen LogP contribution in [0, 0.1) is 0 Å². The molecule has 1 aromatic heterocycles. The Hall–Kier alpha value is -2.68. The summed E-state index contributed by atoms with van der Waals surface area (Å²) < 4.78 is 1.76. The van der Waals surface area contributed by atoms with Crippen molar-refractivity contribution in [3.63, 3.8) is 0 Å². The number of unbranched alkanes of at least 4 members (excludes halogenated alkanes) is 1. The van der Waals surface area contributed by atoms with Crippen LogP contribution in [-0.2, 0) is 4.79 Å². The van der Waals surface area contributed by atoms with E-state index in [1.165, 1.54) is 0 Å². The fraction of sp³-hybridized carbons (Fsp3) is 0.294. The van der Waals surface area contributed by atoms with Crippen molar-refractivity contribution in [3.05, 3.63) is 50.9 Å². The lowest BCUT2D eigenvalue weighted by Crippen LogP contribution is -2.41. The monoisotopic (exact) mass is 423 g/mol. The topological polar surface area (TPSA) is 122 Å². The van der Waals surface area contributed by atoms with Gasteiger partial charge in [-0.05, 0) is 30.7 Å². The number of hydrogen-bond donors (Lipinski definition) is 3. The molecule has 0 spiro atoms. The summed E-state index contributed by atoms with van der Waals surface area (Å²) in [6.45, 7) is 1.90. The number of nitrogens with zero attached hydrogens (tertiary/aromatic N) is 2. The summed E-state index contributed by atoms with van der Waals surface area (Å²) in [5.41, 5.74) is -0.648. The molecule has 1 amide bonds. The van der Waals surface area contributed by atoms with Crippen molar-refractivity contribution in [2.24, 2.45) is 0 Å². The van der Waals surface area contributed by atoms with Crippen LogP contribution in [0.2, 0.25) is 0 Å². The second kappa shape index (κ2) is 8.61. The molecule has 2 aromatic rings. The SMILES string of the molecule is CCCCC(NC(=O)c1nn(-c2ccc(Br)cc2)c(=O)cc1O)C(=O)O. The van der Waals surface area contributed by atoms with Gasteiger partial charge < -0.3 is 15.5 Å². The van der Waals surface area contributed by atoms with Crippen LogP contribution < -0.4 is 10.9 Å². The summed E-state index contributed by atoms with van der Waals surface area (Å²) in [7, 11) is 0.